The second-order valence-corrected chi connectivity index (χ2v) is 4.56. The lowest BCUT2D eigenvalue weighted by molar-refractivity contribution is 0.134. The van der Waals surface area contributed by atoms with Gasteiger partial charge < -0.3 is 15.0 Å². The number of nitrogens with one attached hydrogen (secondary N) is 1. The summed E-state index contributed by atoms with van der Waals surface area (Å²) in [6.07, 6.45) is 3.81. The molecule has 3 heteroatoms. The fourth-order valence-corrected chi connectivity index (χ4v) is 1.96. The van der Waals surface area contributed by atoms with Crippen LogP contribution in [-0.2, 0) is 4.74 Å². The molecular formula is C12H26N2O. The van der Waals surface area contributed by atoms with E-state index in [-0.39, 0.29) is 0 Å². The molecule has 0 saturated carbocycles. The second kappa shape index (κ2) is 8.08. The van der Waals surface area contributed by atoms with Crippen LogP contribution in [0.1, 0.15) is 26.2 Å². The molecule has 1 aliphatic heterocycles. The number of hydrogen-bond acceptors (Lipinski definition) is 3. The van der Waals surface area contributed by atoms with E-state index in [1.54, 1.807) is 0 Å². The molecular weight excluding hydrogens is 188 g/mol. The van der Waals surface area contributed by atoms with Crippen LogP contribution in [0.25, 0.3) is 0 Å². The molecule has 3 nitrogen and oxygen atoms in total. The van der Waals surface area contributed by atoms with Crippen molar-refractivity contribution in [2.75, 3.05) is 46.4 Å². The number of ether oxygens (including phenoxy) is 1. The number of nitrogens with zero attached hydrogens (tertiary/aromatic N) is 1. The van der Waals surface area contributed by atoms with E-state index in [1.165, 1.54) is 32.5 Å². The van der Waals surface area contributed by atoms with E-state index >= 15 is 0 Å². The van der Waals surface area contributed by atoms with E-state index in [0.29, 0.717) is 0 Å². The molecule has 90 valence electrons. The Balaban J connectivity index is 1.87. The van der Waals surface area contributed by atoms with Gasteiger partial charge >= 0.3 is 0 Å². The molecule has 0 bridgehead atoms. The van der Waals surface area contributed by atoms with Gasteiger partial charge in [0.15, 0.2) is 0 Å². The summed E-state index contributed by atoms with van der Waals surface area (Å²) in [6, 6.07) is 0. The maximum Gasteiger partial charge on any atom is 0.0590 e. The summed E-state index contributed by atoms with van der Waals surface area (Å²) in [5.41, 5.74) is 0. The summed E-state index contributed by atoms with van der Waals surface area (Å²) in [5.74, 6) is 0.882. The van der Waals surface area contributed by atoms with Crippen LogP contribution in [0.2, 0.25) is 0 Å². The maximum atomic E-state index is 5.42. The molecule has 0 aromatic heterocycles. The van der Waals surface area contributed by atoms with Crippen LogP contribution in [0.5, 0.6) is 0 Å². The average molecular weight is 214 g/mol. The van der Waals surface area contributed by atoms with Gasteiger partial charge in [0.25, 0.3) is 0 Å². The van der Waals surface area contributed by atoms with Gasteiger partial charge in [0.1, 0.15) is 0 Å². The third-order valence-corrected chi connectivity index (χ3v) is 3.04. The van der Waals surface area contributed by atoms with Crippen molar-refractivity contribution in [2.24, 2.45) is 5.92 Å². The van der Waals surface area contributed by atoms with E-state index < -0.39 is 0 Å². The SMILES string of the molecule is CCCOCCNCC1CCN(C)CC1. The van der Waals surface area contributed by atoms with Gasteiger partial charge in [-0.2, -0.15) is 0 Å². The van der Waals surface area contributed by atoms with Crippen molar-refractivity contribution >= 4 is 0 Å². The predicted molar refractivity (Wildman–Crippen MR) is 64.2 cm³/mol. The largest absolute Gasteiger partial charge is 0.380 e. The summed E-state index contributed by atoms with van der Waals surface area (Å²) in [5, 5.41) is 3.49. The van der Waals surface area contributed by atoms with Crippen molar-refractivity contribution in [1.29, 1.82) is 0 Å². The Hall–Kier alpha value is -0.120. The van der Waals surface area contributed by atoms with E-state index in [0.717, 1.165) is 32.1 Å². The highest BCUT2D eigenvalue weighted by molar-refractivity contribution is 4.71. The van der Waals surface area contributed by atoms with Gasteiger partial charge in [-0.3, -0.25) is 0 Å². The molecule has 1 saturated heterocycles. The van der Waals surface area contributed by atoms with Gasteiger partial charge in [-0.05, 0) is 51.9 Å². The van der Waals surface area contributed by atoms with Crippen molar-refractivity contribution in [3.05, 3.63) is 0 Å². The Bertz CT molecular complexity index is 145. The lowest BCUT2D eigenvalue weighted by Gasteiger charge is -2.29. The van der Waals surface area contributed by atoms with Crippen LogP contribution in [0.3, 0.4) is 0 Å². The molecule has 0 atom stereocenters. The first-order valence-electron chi connectivity index (χ1n) is 6.30. The molecule has 0 amide bonds. The fourth-order valence-electron chi connectivity index (χ4n) is 1.96. The lowest BCUT2D eigenvalue weighted by Crippen LogP contribution is -2.35. The average Bonchev–Trinajstić information content (AvgIpc) is 2.26. The fraction of sp³-hybridized carbons (Fsp3) is 1.00. The number of rotatable bonds is 7. The zero-order valence-electron chi connectivity index (χ0n) is 10.3. The molecule has 1 N–H and O–H groups in total. The highest BCUT2D eigenvalue weighted by Gasteiger charge is 2.15. The van der Waals surface area contributed by atoms with Crippen LogP contribution >= 0.6 is 0 Å². The van der Waals surface area contributed by atoms with Crippen molar-refractivity contribution in [3.8, 4) is 0 Å². The maximum absolute atomic E-state index is 5.42. The molecule has 0 aromatic carbocycles. The molecule has 1 rings (SSSR count). The Labute approximate surface area is 94.2 Å². The summed E-state index contributed by atoms with van der Waals surface area (Å²) < 4.78 is 5.42. The lowest BCUT2D eigenvalue weighted by atomic mass is 9.97. The number of hydrogen-bond donors (Lipinski definition) is 1. The van der Waals surface area contributed by atoms with E-state index in [1.807, 2.05) is 0 Å². The minimum atomic E-state index is 0.862. The molecule has 0 spiro atoms. The summed E-state index contributed by atoms with van der Waals surface area (Å²) >= 11 is 0. The van der Waals surface area contributed by atoms with Gasteiger partial charge in [0.2, 0.25) is 0 Å². The molecule has 15 heavy (non-hydrogen) atoms. The molecule has 1 fully saturated rings. The summed E-state index contributed by atoms with van der Waals surface area (Å²) in [6.45, 7) is 8.61. The van der Waals surface area contributed by atoms with Crippen LogP contribution in [-0.4, -0.2) is 51.3 Å². The van der Waals surface area contributed by atoms with Crippen molar-refractivity contribution in [2.45, 2.75) is 26.2 Å². The Morgan fingerprint density at radius 3 is 2.67 bits per heavy atom. The standard InChI is InChI=1S/C12H26N2O/c1-3-9-15-10-6-13-11-12-4-7-14(2)8-5-12/h12-13H,3-11H2,1-2H3. The normalized spacial score (nSPS) is 19.6. The third kappa shape index (κ3) is 6.13. The Kier molecular flexibility index (Phi) is 6.98. The number of piperidine rings is 1. The van der Waals surface area contributed by atoms with Crippen molar-refractivity contribution in [3.63, 3.8) is 0 Å². The van der Waals surface area contributed by atoms with Crippen LogP contribution in [0.4, 0.5) is 0 Å². The molecule has 1 aliphatic rings. The van der Waals surface area contributed by atoms with Crippen LogP contribution < -0.4 is 5.32 Å². The van der Waals surface area contributed by atoms with Crippen molar-refractivity contribution in [1.82, 2.24) is 10.2 Å². The van der Waals surface area contributed by atoms with Crippen LogP contribution in [0.15, 0.2) is 0 Å². The quantitative estimate of drug-likeness (QED) is 0.647. The van der Waals surface area contributed by atoms with Gasteiger partial charge in [0, 0.05) is 13.2 Å². The number of likely N-dealkylation sites (tertiary alicyclic amines) is 1. The highest BCUT2D eigenvalue weighted by Crippen LogP contribution is 2.14. The van der Waals surface area contributed by atoms with Gasteiger partial charge in [-0.25, -0.2) is 0 Å². The van der Waals surface area contributed by atoms with Gasteiger partial charge in [-0.1, -0.05) is 6.92 Å². The predicted octanol–water partition coefficient (Wildman–Crippen LogP) is 1.34. The van der Waals surface area contributed by atoms with E-state index in [9.17, 15) is 0 Å². The summed E-state index contributed by atoms with van der Waals surface area (Å²) in [7, 11) is 2.21. The summed E-state index contributed by atoms with van der Waals surface area (Å²) in [4.78, 5) is 2.42. The molecule has 0 radical (unpaired) electrons. The highest BCUT2D eigenvalue weighted by atomic mass is 16.5. The molecule has 1 heterocycles. The van der Waals surface area contributed by atoms with Crippen LogP contribution in [0, 0.1) is 5.92 Å². The Morgan fingerprint density at radius 1 is 1.27 bits per heavy atom. The smallest absolute Gasteiger partial charge is 0.0590 e. The molecule has 0 aliphatic carbocycles. The van der Waals surface area contributed by atoms with E-state index in [2.05, 4.69) is 24.2 Å². The Morgan fingerprint density at radius 2 is 2.00 bits per heavy atom. The monoisotopic (exact) mass is 214 g/mol. The zero-order chi connectivity index (χ0) is 10.9. The minimum Gasteiger partial charge on any atom is -0.380 e. The third-order valence-electron chi connectivity index (χ3n) is 3.04. The second-order valence-electron chi connectivity index (χ2n) is 4.56. The first-order valence-corrected chi connectivity index (χ1v) is 6.30. The topological polar surface area (TPSA) is 24.5 Å². The van der Waals surface area contributed by atoms with Crippen molar-refractivity contribution < 1.29 is 4.74 Å². The van der Waals surface area contributed by atoms with Gasteiger partial charge in [0.05, 0.1) is 6.61 Å². The van der Waals surface area contributed by atoms with Gasteiger partial charge in [-0.15, -0.1) is 0 Å². The minimum absolute atomic E-state index is 0.862. The van der Waals surface area contributed by atoms with E-state index in [4.69, 9.17) is 4.74 Å². The molecule has 0 aromatic rings. The molecule has 0 unspecified atom stereocenters. The first kappa shape index (κ1) is 12.9. The first-order chi connectivity index (χ1) is 7.33. The zero-order valence-corrected chi connectivity index (χ0v) is 10.3.